The maximum Gasteiger partial charge on any atom is 0.185 e. The Labute approximate surface area is 136 Å². The molecule has 4 nitrogen and oxygen atoms in total. The number of halogens is 2. The normalized spacial score (nSPS) is 19.0. The summed E-state index contributed by atoms with van der Waals surface area (Å²) >= 11 is 13.6. The number of benzene rings is 1. The van der Waals surface area contributed by atoms with Crippen LogP contribution in [0.25, 0.3) is 0 Å². The first-order chi connectivity index (χ1) is 10.2. The van der Waals surface area contributed by atoms with Crippen LogP contribution in [0.15, 0.2) is 23.6 Å². The van der Waals surface area contributed by atoms with Crippen LogP contribution in [0.2, 0.25) is 10.0 Å². The molecule has 1 aliphatic heterocycles. The highest BCUT2D eigenvalue weighted by Gasteiger charge is 2.24. The molecule has 0 unspecified atom stereocenters. The molecule has 0 amide bonds. The van der Waals surface area contributed by atoms with Gasteiger partial charge >= 0.3 is 0 Å². The average molecular weight is 345 g/mol. The lowest BCUT2D eigenvalue weighted by molar-refractivity contribution is 0.0398. The van der Waals surface area contributed by atoms with E-state index in [0.717, 1.165) is 17.2 Å². The molecule has 1 aliphatic rings. The Morgan fingerprint density at radius 2 is 2.24 bits per heavy atom. The van der Waals surface area contributed by atoms with E-state index in [2.05, 4.69) is 9.88 Å². The summed E-state index contributed by atoms with van der Waals surface area (Å²) in [5, 5.41) is 13.0. The monoisotopic (exact) mass is 344 g/mol. The molecule has 1 aromatic carbocycles. The van der Waals surface area contributed by atoms with Crippen LogP contribution in [0.5, 0.6) is 0 Å². The van der Waals surface area contributed by atoms with Crippen LogP contribution in [0.1, 0.15) is 17.4 Å². The van der Waals surface area contributed by atoms with Crippen LogP contribution in [-0.4, -0.2) is 29.8 Å². The van der Waals surface area contributed by atoms with Crippen molar-refractivity contribution >= 4 is 39.7 Å². The highest BCUT2D eigenvalue weighted by molar-refractivity contribution is 7.13. The van der Waals surface area contributed by atoms with Crippen molar-refractivity contribution in [1.82, 2.24) is 4.98 Å². The lowest BCUT2D eigenvalue weighted by atomic mass is 10.1. The zero-order valence-corrected chi connectivity index (χ0v) is 13.5. The van der Waals surface area contributed by atoms with Crippen LogP contribution in [0.3, 0.4) is 0 Å². The van der Waals surface area contributed by atoms with Gasteiger partial charge in [-0.15, -0.1) is 11.3 Å². The van der Waals surface area contributed by atoms with Crippen LogP contribution in [0, 0.1) is 0 Å². The summed E-state index contributed by atoms with van der Waals surface area (Å²) in [5.41, 5.74) is 1.71. The fourth-order valence-electron chi connectivity index (χ4n) is 2.25. The molecule has 1 aromatic heterocycles. The number of thiazole rings is 1. The lowest BCUT2D eigenvalue weighted by Crippen LogP contribution is -2.38. The summed E-state index contributed by atoms with van der Waals surface area (Å²) in [6.45, 7) is 2.09. The Morgan fingerprint density at radius 3 is 2.95 bits per heavy atom. The topological polar surface area (TPSA) is 45.6 Å². The van der Waals surface area contributed by atoms with Crippen molar-refractivity contribution in [1.29, 1.82) is 0 Å². The molecule has 112 valence electrons. The molecule has 2 heterocycles. The fraction of sp³-hybridized carbons (Fsp3) is 0.357. The van der Waals surface area contributed by atoms with Gasteiger partial charge < -0.3 is 14.7 Å². The minimum atomic E-state index is -0.0602. The maximum absolute atomic E-state index is 9.11. The number of ether oxygens (including phenoxy) is 1. The Morgan fingerprint density at radius 1 is 1.38 bits per heavy atom. The zero-order chi connectivity index (χ0) is 14.8. The van der Waals surface area contributed by atoms with Crippen LogP contribution < -0.4 is 4.90 Å². The van der Waals surface area contributed by atoms with Gasteiger partial charge in [-0.2, -0.15) is 0 Å². The summed E-state index contributed by atoms with van der Waals surface area (Å²) in [7, 11) is 0. The third-order valence-electron chi connectivity index (χ3n) is 3.35. The second-order valence-corrected chi connectivity index (χ2v) is 6.41. The number of aliphatic hydroxyl groups is 1. The predicted octanol–water partition coefficient (Wildman–Crippen LogP) is 3.52. The number of hydrogen-bond acceptors (Lipinski definition) is 5. The quantitative estimate of drug-likeness (QED) is 0.925. The van der Waals surface area contributed by atoms with Gasteiger partial charge in [0, 0.05) is 11.9 Å². The van der Waals surface area contributed by atoms with Gasteiger partial charge in [0.2, 0.25) is 0 Å². The van der Waals surface area contributed by atoms with Crippen molar-refractivity contribution < 1.29 is 9.84 Å². The molecule has 0 bridgehead atoms. The van der Waals surface area contributed by atoms with E-state index in [1.54, 1.807) is 6.07 Å². The predicted molar refractivity (Wildman–Crippen MR) is 85.4 cm³/mol. The van der Waals surface area contributed by atoms with Gasteiger partial charge in [-0.3, -0.25) is 0 Å². The van der Waals surface area contributed by atoms with Gasteiger partial charge in [-0.1, -0.05) is 29.3 Å². The number of nitrogens with zero attached hydrogens (tertiary/aromatic N) is 2. The molecule has 2 aromatic rings. The lowest BCUT2D eigenvalue weighted by Gasteiger charge is -2.33. The molecule has 1 fully saturated rings. The maximum atomic E-state index is 9.11. The number of morpholine rings is 1. The molecular formula is C14H14Cl2N2O2S. The van der Waals surface area contributed by atoms with Gasteiger partial charge in [0.1, 0.15) is 6.10 Å². The van der Waals surface area contributed by atoms with E-state index in [-0.39, 0.29) is 12.7 Å². The average Bonchev–Trinajstić information content (AvgIpc) is 2.99. The van der Waals surface area contributed by atoms with Crippen LogP contribution in [0.4, 0.5) is 5.13 Å². The van der Waals surface area contributed by atoms with Crippen LogP contribution >= 0.6 is 34.5 Å². The molecule has 1 saturated heterocycles. The van der Waals surface area contributed by atoms with E-state index in [4.69, 9.17) is 33.0 Å². The van der Waals surface area contributed by atoms with Gasteiger partial charge in [0.25, 0.3) is 0 Å². The SMILES string of the molecule is OCc1csc(N2CCO[C@@H](c3ccc(Cl)c(Cl)c3)C2)n1. The fourth-order valence-corrected chi connectivity index (χ4v) is 3.41. The molecule has 7 heteroatoms. The Balaban J connectivity index is 1.77. The third-order valence-corrected chi connectivity index (χ3v) is 5.04. The standard InChI is InChI=1S/C14H14Cl2N2O2S/c15-11-2-1-9(5-12(11)16)13-6-18(3-4-20-13)14-17-10(7-19)8-21-14/h1-2,5,8,13,19H,3-4,6-7H2/t13-/m1/s1. The number of aliphatic hydroxyl groups excluding tert-OH is 1. The van der Waals surface area contributed by atoms with Crippen molar-refractivity contribution in [2.24, 2.45) is 0 Å². The molecule has 3 rings (SSSR count). The molecule has 1 atom stereocenters. The van der Waals surface area contributed by atoms with Crippen LogP contribution in [-0.2, 0) is 11.3 Å². The van der Waals surface area contributed by atoms with Crippen molar-refractivity contribution in [3.8, 4) is 0 Å². The highest BCUT2D eigenvalue weighted by atomic mass is 35.5. The van der Waals surface area contributed by atoms with Crippen molar-refractivity contribution in [2.45, 2.75) is 12.7 Å². The molecule has 1 N–H and O–H groups in total. The number of rotatable bonds is 3. The van der Waals surface area contributed by atoms with E-state index < -0.39 is 0 Å². The first-order valence-corrected chi connectivity index (χ1v) is 8.17. The number of hydrogen-bond donors (Lipinski definition) is 1. The molecule has 0 saturated carbocycles. The molecule has 0 radical (unpaired) electrons. The zero-order valence-electron chi connectivity index (χ0n) is 11.1. The second-order valence-electron chi connectivity index (χ2n) is 4.76. The number of aromatic nitrogens is 1. The summed E-state index contributed by atoms with van der Waals surface area (Å²) in [6.07, 6.45) is -0.0602. The van der Waals surface area contributed by atoms with E-state index in [1.165, 1.54) is 11.3 Å². The van der Waals surface area contributed by atoms with E-state index in [9.17, 15) is 0 Å². The van der Waals surface area contributed by atoms with E-state index >= 15 is 0 Å². The molecule has 21 heavy (non-hydrogen) atoms. The summed E-state index contributed by atoms with van der Waals surface area (Å²) in [5.74, 6) is 0. The Bertz CT molecular complexity index is 635. The van der Waals surface area contributed by atoms with E-state index in [0.29, 0.717) is 28.9 Å². The second kappa shape index (κ2) is 6.50. The highest BCUT2D eigenvalue weighted by Crippen LogP contribution is 2.31. The smallest absolute Gasteiger partial charge is 0.185 e. The van der Waals surface area contributed by atoms with Crippen molar-refractivity contribution in [3.05, 3.63) is 44.9 Å². The Hall–Kier alpha value is -0.850. The van der Waals surface area contributed by atoms with Gasteiger partial charge in [-0.25, -0.2) is 4.98 Å². The minimum Gasteiger partial charge on any atom is -0.390 e. The summed E-state index contributed by atoms with van der Waals surface area (Å²) < 4.78 is 5.83. The first-order valence-electron chi connectivity index (χ1n) is 6.54. The summed E-state index contributed by atoms with van der Waals surface area (Å²) in [4.78, 5) is 6.57. The van der Waals surface area contributed by atoms with Crippen molar-refractivity contribution in [3.63, 3.8) is 0 Å². The van der Waals surface area contributed by atoms with Gasteiger partial charge in [0.15, 0.2) is 5.13 Å². The van der Waals surface area contributed by atoms with E-state index in [1.807, 2.05) is 17.5 Å². The third kappa shape index (κ3) is 3.33. The molecular weight excluding hydrogens is 331 g/mol. The van der Waals surface area contributed by atoms with Crippen molar-refractivity contribution in [2.75, 3.05) is 24.6 Å². The summed E-state index contributed by atoms with van der Waals surface area (Å²) in [6, 6.07) is 5.57. The largest absolute Gasteiger partial charge is 0.390 e. The molecule has 0 spiro atoms. The van der Waals surface area contributed by atoms with Gasteiger partial charge in [-0.05, 0) is 17.7 Å². The Kier molecular flexibility index (Phi) is 4.66. The van der Waals surface area contributed by atoms with Gasteiger partial charge in [0.05, 0.1) is 35.5 Å². The number of anilines is 1. The molecule has 0 aliphatic carbocycles. The minimum absolute atomic E-state index is 0.0307. The first kappa shape index (κ1) is 15.1.